The molecule has 1 amide bonds. The molecule has 0 aliphatic heterocycles. The molecule has 0 spiro atoms. The molecule has 0 atom stereocenters. The van der Waals surface area contributed by atoms with Gasteiger partial charge in [0, 0.05) is 16.9 Å². The number of nitrogens with one attached hydrogen (secondary N) is 1. The van der Waals surface area contributed by atoms with E-state index < -0.39 is 11.7 Å². The van der Waals surface area contributed by atoms with Crippen LogP contribution in [0.2, 0.25) is 0 Å². The number of hydrogen-bond acceptors (Lipinski definition) is 5. The Bertz CT molecular complexity index is 585. The third kappa shape index (κ3) is 2.68. The van der Waals surface area contributed by atoms with Gasteiger partial charge in [-0.05, 0) is 37.8 Å². The number of carbonyl (C=O) groups is 1. The minimum Gasteiger partial charge on any atom is -0.444 e. The van der Waals surface area contributed by atoms with Gasteiger partial charge in [0.15, 0.2) is 0 Å². The van der Waals surface area contributed by atoms with Crippen LogP contribution in [0.1, 0.15) is 20.8 Å². The number of rotatable bonds is 1. The molecule has 0 radical (unpaired) electrons. The molecule has 96 valence electrons. The van der Waals surface area contributed by atoms with Crippen LogP contribution < -0.4 is 10.2 Å². The van der Waals surface area contributed by atoms with E-state index in [0.29, 0.717) is 21.6 Å². The molecular formula is C11H13N3O4. The molecular weight excluding hydrogens is 238 g/mol. The Labute approximate surface area is 103 Å². The standard InChI is InChI=1S/C11H13N3O4/c1-11(2,3)17-10(15)12-7-4-5-9-8(6-7)13-18-14(9)16/h4-6H,1-3H3,(H,12,15). The Balaban J connectivity index is 2.15. The number of amides is 1. The maximum Gasteiger partial charge on any atom is 0.412 e. The van der Waals surface area contributed by atoms with Gasteiger partial charge in [-0.2, -0.15) is 0 Å². The average Bonchev–Trinajstić information content (AvgIpc) is 2.57. The van der Waals surface area contributed by atoms with Crippen molar-refractivity contribution in [1.29, 1.82) is 0 Å². The van der Waals surface area contributed by atoms with Gasteiger partial charge in [0.05, 0.1) is 0 Å². The van der Waals surface area contributed by atoms with E-state index in [1.54, 1.807) is 26.8 Å². The molecule has 0 saturated carbocycles. The second-order valence-electron chi connectivity index (χ2n) is 4.76. The number of ether oxygens (including phenoxy) is 1. The van der Waals surface area contributed by atoms with Crippen LogP contribution in [0, 0.1) is 5.21 Å². The minimum absolute atomic E-state index is 0.296. The summed E-state index contributed by atoms with van der Waals surface area (Å²) < 4.78 is 9.52. The molecule has 1 heterocycles. The molecule has 0 unspecified atom stereocenters. The Morgan fingerprint density at radius 3 is 2.89 bits per heavy atom. The van der Waals surface area contributed by atoms with Gasteiger partial charge in [-0.25, -0.2) is 4.79 Å². The van der Waals surface area contributed by atoms with Crippen molar-refractivity contribution in [1.82, 2.24) is 5.16 Å². The van der Waals surface area contributed by atoms with Crippen molar-refractivity contribution < 1.29 is 19.1 Å². The van der Waals surface area contributed by atoms with Crippen LogP contribution in [-0.2, 0) is 4.74 Å². The van der Waals surface area contributed by atoms with Gasteiger partial charge in [-0.15, -0.1) is 0 Å². The number of anilines is 1. The lowest BCUT2D eigenvalue weighted by atomic mass is 10.2. The van der Waals surface area contributed by atoms with Crippen molar-refractivity contribution >= 4 is 22.8 Å². The van der Waals surface area contributed by atoms with Crippen molar-refractivity contribution in [3.8, 4) is 0 Å². The van der Waals surface area contributed by atoms with Crippen LogP contribution in [0.5, 0.6) is 0 Å². The first kappa shape index (κ1) is 12.2. The van der Waals surface area contributed by atoms with E-state index in [4.69, 9.17) is 4.74 Å². The van der Waals surface area contributed by atoms with Gasteiger partial charge in [-0.1, -0.05) is 0 Å². The smallest absolute Gasteiger partial charge is 0.412 e. The third-order valence-corrected chi connectivity index (χ3v) is 2.03. The van der Waals surface area contributed by atoms with Gasteiger partial charge in [0.2, 0.25) is 5.52 Å². The summed E-state index contributed by atoms with van der Waals surface area (Å²) in [6.07, 6.45) is -0.569. The number of nitrogens with zero attached hydrogens (tertiary/aromatic N) is 2. The summed E-state index contributed by atoms with van der Waals surface area (Å²) in [5.74, 6) is 0. The number of fused-ring (bicyclic) bond motifs is 1. The lowest BCUT2D eigenvalue weighted by Crippen LogP contribution is -2.27. The average molecular weight is 251 g/mol. The van der Waals surface area contributed by atoms with Crippen molar-refractivity contribution in [3.63, 3.8) is 0 Å². The second kappa shape index (κ2) is 4.17. The van der Waals surface area contributed by atoms with Crippen molar-refractivity contribution in [2.24, 2.45) is 0 Å². The minimum atomic E-state index is -0.569. The highest BCUT2D eigenvalue weighted by molar-refractivity contribution is 5.87. The van der Waals surface area contributed by atoms with Gasteiger partial charge in [-0.3, -0.25) is 9.95 Å². The molecule has 0 saturated heterocycles. The zero-order valence-corrected chi connectivity index (χ0v) is 10.3. The van der Waals surface area contributed by atoms with Crippen LogP contribution in [0.3, 0.4) is 0 Å². The highest BCUT2D eigenvalue weighted by atomic mass is 16.8. The Morgan fingerprint density at radius 1 is 1.50 bits per heavy atom. The van der Waals surface area contributed by atoms with Crippen LogP contribution in [0.15, 0.2) is 22.8 Å². The molecule has 2 rings (SSSR count). The SMILES string of the molecule is CC(C)(C)OC(=O)Nc1ccc2c(c1)no[n+]2[O-]. The molecule has 18 heavy (non-hydrogen) atoms. The number of carbonyl (C=O) groups excluding carboxylic acids is 1. The molecule has 0 aliphatic carbocycles. The van der Waals surface area contributed by atoms with Gasteiger partial charge < -0.3 is 9.94 Å². The number of aromatic nitrogens is 2. The summed E-state index contributed by atoms with van der Waals surface area (Å²) in [4.78, 5) is 11.8. The van der Waals surface area contributed by atoms with Gasteiger partial charge >= 0.3 is 6.09 Å². The molecule has 1 aromatic heterocycles. The summed E-state index contributed by atoms with van der Waals surface area (Å²) in [5, 5.41) is 17.2. The lowest BCUT2D eigenvalue weighted by molar-refractivity contribution is -0.782. The first-order valence-electron chi connectivity index (χ1n) is 5.35. The topological polar surface area (TPSA) is 91.3 Å². The molecule has 0 bridgehead atoms. The third-order valence-electron chi connectivity index (χ3n) is 2.03. The zero-order valence-electron chi connectivity index (χ0n) is 10.3. The quantitative estimate of drug-likeness (QED) is 0.780. The monoisotopic (exact) mass is 251 g/mol. The summed E-state index contributed by atoms with van der Waals surface area (Å²) in [7, 11) is 0. The first-order chi connectivity index (χ1) is 8.35. The van der Waals surface area contributed by atoms with E-state index in [9.17, 15) is 10.0 Å². The molecule has 0 fully saturated rings. The summed E-state index contributed by atoms with van der Waals surface area (Å²) in [6, 6.07) is 4.60. The predicted octanol–water partition coefficient (Wildman–Crippen LogP) is 1.81. The number of hydrogen-bond donors (Lipinski definition) is 1. The molecule has 7 heteroatoms. The van der Waals surface area contributed by atoms with E-state index >= 15 is 0 Å². The maximum absolute atomic E-state index is 11.5. The molecule has 1 aromatic carbocycles. The lowest BCUT2D eigenvalue weighted by Gasteiger charge is -2.19. The van der Waals surface area contributed by atoms with Crippen LogP contribution >= 0.6 is 0 Å². The predicted molar refractivity (Wildman–Crippen MR) is 62.8 cm³/mol. The Morgan fingerprint density at radius 2 is 2.22 bits per heavy atom. The highest BCUT2D eigenvalue weighted by Crippen LogP contribution is 2.16. The summed E-state index contributed by atoms with van der Waals surface area (Å²) >= 11 is 0. The summed E-state index contributed by atoms with van der Waals surface area (Å²) in [6.45, 7) is 5.31. The first-order valence-corrected chi connectivity index (χ1v) is 5.35. The van der Waals surface area contributed by atoms with Crippen LogP contribution in [-0.4, -0.2) is 16.9 Å². The molecule has 0 aliphatic rings. The zero-order chi connectivity index (χ0) is 13.3. The second-order valence-corrected chi connectivity index (χ2v) is 4.76. The maximum atomic E-state index is 11.5. The van der Waals surface area contributed by atoms with E-state index in [-0.39, 0.29) is 0 Å². The molecule has 1 N–H and O–H groups in total. The molecule has 2 aromatic rings. The molecule has 7 nitrogen and oxygen atoms in total. The fraction of sp³-hybridized carbons (Fsp3) is 0.364. The Kier molecular flexibility index (Phi) is 2.82. The van der Waals surface area contributed by atoms with E-state index in [2.05, 4.69) is 15.1 Å². The van der Waals surface area contributed by atoms with Crippen LogP contribution in [0.4, 0.5) is 10.5 Å². The number of benzene rings is 1. The van der Waals surface area contributed by atoms with Gasteiger partial charge in [0.1, 0.15) is 5.60 Å². The van der Waals surface area contributed by atoms with Crippen molar-refractivity contribution in [2.75, 3.05) is 5.32 Å². The Hall–Kier alpha value is -2.31. The van der Waals surface area contributed by atoms with Gasteiger partial charge in [0.25, 0.3) is 5.52 Å². The fourth-order valence-corrected chi connectivity index (χ4v) is 1.38. The van der Waals surface area contributed by atoms with E-state index in [1.165, 1.54) is 12.1 Å². The van der Waals surface area contributed by atoms with Crippen molar-refractivity contribution in [3.05, 3.63) is 23.4 Å². The van der Waals surface area contributed by atoms with E-state index in [1.807, 2.05) is 0 Å². The summed E-state index contributed by atoms with van der Waals surface area (Å²) in [5.41, 5.74) is 0.564. The van der Waals surface area contributed by atoms with Crippen molar-refractivity contribution in [2.45, 2.75) is 26.4 Å². The van der Waals surface area contributed by atoms with Crippen LogP contribution in [0.25, 0.3) is 11.0 Å². The largest absolute Gasteiger partial charge is 0.444 e. The fourth-order valence-electron chi connectivity index (χ4n) is 1.38. The normalized spacial score (nSPS) is 11.5. The highest BCUT2D eigenvalue weighted by Gasteiger charge is 2.17. The van der Waals surface area contributed by atoms with E-state index in [0.717, 1.165) is 0 Å².